The summed E-state index contributed by atoms with van der Waals surface area (Å²) < 4.78 is 6.92. The van der Waals surface area contributed by atoms with Crippen LogP contribution in [0.2, 0.25) is 10.3 Å². The lowest BCUT2D eigenvalue weighted by Crippen LogP contribution is -2.22. The molecule has 1 atom stereocenters. The number of hydrogen-bond acceptors (Lipinski definition) is 5. The highest BCUT2D eigenvalue weighted by Crippen LogP contribution is 2.26. The second-order valence-electron chi connectivity index (χ2n) is 5.12. The number of urea groups is 1. The molecule has 3 aromatic heterocycles. The van der Waals surface area contributed by atoms with Crippen LogP contribution >= 0.6 is 23.2 Å². The Labute approximate surface area is 153 Å². The van der Waals surface area contributed by atoms with Crippen molar-refractivity contribution >= 4 is 46.3 Å². The molecule has 2 N–H and O–H groups in total. The van der Waals surface area contributed by atoms with Gasteiger partial charge < -0.3 is 15.4 Å². The van der Waals surface area contributed by atoms with Gasteiger partial charge in [0.25, 0.3) is 0 Å². The van der Waals surface area contributed by atoms with Gasteiger partial charge in [-0.25, -0.2) is 19.3 Å². The molecular weight excluding hydrogens is 367 g/mol. The monoisotopic (exact) mass is 380 g/mol. The molecule has 2 amide bonds. The summed E-state index contributed by atoms with van der Waals surface area (Å²) >= 11 is 11.8. The highest BCUT2D eigenvalue weighted by atomic mass is 35.5. The van der Waals surface area contributed by atoms with Gasteiger partial charge in [0.15, 0.2) is 10.8 Å². The van der Waals surface area contributed by atoms with Crippen molar-refractivity contribution < 1.29 is 9.53 Å². The zero-order valence-electron chi connectivity index (χ0n) is 13.3. The smallest absolute Gasteiger partial charge is 0.323 e. The van der Waals surface area contributed by atoms with E-state index < -0.39 is 6.03 Å². The van der Waals surface area contributed by atoms with Crippen molar-refractivity contribution in [2.24, 2.45) is 0 Å². The Morgan fingerprint density at radius 2 is 2.04 bits per heavy atom. The maximum absolute atomic E-state index is 12.3. The average Bonchev–Trinajstić information content (AvgIpc) is 2.94. The van der Waals surface area contributed by atoms with Gasteiger partial charge in [0.05, 0.1) is 23.7 Å². The number of fused-ring (bicyclic) bond motifs is 1. The summed E-state index contributed by atoms with van der Waals surface area (Å²) in [5.41, 5.74) is 2.12. The molecule has 3 aromatic rings. The third-order valence-electron chi connectivity index (χ3n) is 3.46. The van der Waals surface area contributed by atoms with E-state index in [1.165, 1.54) is 23.0 Å². The van der Waals surface area contributed by atoms with Crippen LogP contribution in [0.1, 0.15) is 18.7 Å². The Bertz CT molecular complexity index is 930. The Morgan fingerprint density at radius 3 is 2.76 bits per heavy atom. The number of pyridine rings is 1. The fraction of sp³-hybridized carbons (Fsp3) is 0.200. The molecule has 3 heterocycles. The summed E-state index contributed by atoms with van der Waals surface area (Å²) in [5.74, 6) is 0. The average molecular weight is 381 g/mol. The number of halogens is 2. The number of nitrogens with one attached hydrogen (secondary N) is 2. The largest absolute Gasteiger partial charge is 0.375 e. The van der Waals surface area contributed by atoms with Gasteiger partial charge >= 0.3 is 6.03 Å². The Hall–Kier alpha value is -2.42. The van der Waals surface area contributed by atoms with E-state index in [2.05, 4.69) is 25.7 Å². The fourth-order valence-electron chi connectivity index (χ4n) is 2.29. The van der Waals surface area contributed by atoms with Gasteiger partial charge in [0.2, 0.25) is 0 Å². The molecule has 0 aromatic carbocycles. The van der Waals surface area contributed by atoms with Crippen molar-refractivity contribution in [3.8, 4) is 0 Å². The first-order valence-corrected chi connectivity index (χ1v) is 8.00. The van der Waals surface area contributed by atoms with Crippen molar-refractivity contribution in [3.05, 3.63) is 46.6 Å². The van der Waals surface area contributed by atoms with E-state index in [1.807, 2.05) is 6.92 Å². The van der Waals surface area contributed by atoms with Gasteiger partial charge in [-0.1, -0.05) is 23.2 Å². The molecule has 3 rings (SSSR count). The number of amides is 2. The van der Waals surface area contributed by atoms with Crippen LogP contribution < -0.4 is 10.6 Å². The number of anilines is 2. The number of nitrogens with zero attached hydrogens (tertiary/aromatic N) is 4. The van der Waals surface area contributed by atoms with E-state index in [0.717, 1.165) is 0 Å². The first-order valence-electron chi connectivity index (χ1n) is 7.24. The zero-order valence-corrected chi connectivity index (χ0v) is 14.8. The standard InChI is InChI=1S/C15H14Cl2N6O2/c1-8(25-2)14-10(7-19-13-6-12(17)22-23(13)14)21-15(24)20-9-3-4-18-11(16)5-9/h3-8H,1-2H3,(H2,18,20,21,24). The fourth-order valence-corrected chi connectivity index (χ4v) is 2.63. The second kappa shape index (κ2) is 7.22. The molecule has 0 aliphatic heterocycles. The van der Waals surface area contributed by atoms with E-state index in [4.69, 9.17) is 27.9 Å². The molecule has 130 valence electrons. The summed E-state index contributed by atoms with van der Waals surface area (Å²) in [6, 6.07) is 4.31. The minimum absolute atomic E-state index is 0.278. The summed E-state index contributed by atoms with van der Waals surface area (Å²) in [7, 11) is 1.56. The maximum atomic E-state index is 12.3. The second-order valence-corrected chi connectivity index (χ2v) is 5.89. The van der Waals surface area contributed by atoms with Crippen molar-refractivity contribution in [2.45, 2.75) is 13.0 Å². The lowest BCUT2D eigenvalue weighted by molar-refractivity contribution is 0.114. The molecule has 0 aliphatic rings. The normalized spacial score (nSPS) is 12.2. The van der Waals surface area contributed by atoms with E-state index in [0.29, 0.717) is 27.9 Å². The molecular formula is C15H14Cl2N6O2. The van der Waals surface area contributed by atoms with Gasteiger partial charge in [0, 0.05) is 25.1 Å². The molecule has 1 unspecified atom stereocenters. The third kappa shape index (κ3) is 3.81. The summed E-state index contributed by atoms with van der Waals surface area (Å²) in [5, 5.41) is 10.2. The lowest BCUT2D eigenvalue weighted by Gasteiger charge is -2.17. The summed E-state index contributed by atoms with van der Waals surface area (Å²) in [6.07, 6.45) is 2.67. The van der Waals surface area contributed by atoms with Crippen LogP contribution in [0.4, 0.5) is 16.2 Å². The minimum Gasteiger partial charge on any atom is -0.375 e. The maximum Gasteiger partial charge on any atom is 0.323 e. The number of hydrogen-bond donors (Lipinski definition) is 2. The van der Waals surface area contributed by atoms with Gasteiger partial charge in [-0.15, -0.1) is 0 Å². The lowest BCUT2D eigenvalue weighted by atomic mass is 10.2. The first kappa shape index (κ1) is 17.4. The number of ether oxygens (including phenoxy) is 1. The molecule has 0 aliphatic carbocycles. The van der Waals surface area contributed by atoms with Crippen LogP contribution in [0.5, 0.6) is 0 Å². The molecule has 0 radical (unpaired) electrons. The van der Waals surface area contributed by atoms with Crippen molar-refractivity contribution in [1.29, 1.82) is 0 Å². The van der Waals surface area contributed by atoms with Crippen molar-refractivity contribution in [1.82, 2.24) is 19.6 Å². The predicted molar refractivity (Wildman–Crippen MR) is 95.3 cm³/mol. The zero-order chi connectivity index (χ0) is 18.0. The van der Waals surface area contributed by atoms with E-state index in [1.54, 1.807) is 19.2 Å². The van der Waals surface area contributed by atoms with Crippen LogP contribution in [0.15, 0.2) is 30.6 Å². The highest BCUT2D eigenvalue weighted by Gasteiger charge is 2.19. The Balaban J connectivity index is 1.91. The summed E-state index contributed by atoms with van der Waals surface area (Å²) in [4.78, 5) is 20.4. The number of methoxy groups -OCH3 is 1. The molecule has 10 heteroatoms. The molecule has 0 fully saturated rings. The molecule has 25 heavy (non-hydrogen) atoms. The number of carbonyl (C=O) groups excluding carboxylic acids is 1. The van der Waals surface area contributed by atoms with E-state index in [-0.39, 0.29) is 11.3 Å². The van der Waals surface area contributed by atoms with E-state index in [9.17, 15) is 4.79 Å². The quantitative estimate of drug-likeness (QED) is 0.671. The Kier molecular flexibility index (Phi) is 5.03. The first-order chi connectivity index (χ1) is 12.0. The van der Waals surface area contributed by atoms with Crippen LogP contribution in [0, 0.1) is 0 Å². The minimum atomic E-state index is -0.466. The molecule has 0 spiro atoms. The molecule has 0 saturated heterocycles. The number of aromatic nitrogens is 4. The van der Waals surface area contributed by atoms with Crippen LogP contribution in [0.25, 0.3) is 5.65 Å². The summed E-state index contributed by atoms with van der Waals surface area (Å²) in [6.45, 7) is 1.83. The predicted octanol–water partition coefficient (Wildman–Crippen LogP) is 3.78. The van der Waals surface area contributed by atoms with Crippen molar-refractivity contribution in [3.63, 3.8) is 0 Å². The molecule has 0 bridgehead atoms. The van der Waals surface area contributed by atoms with Crippen LogP contribution in [-0.2, 0) is 4.74 Å². The topological polar surface area (TPSA) is 93.4 Å². The van der Waals surface area contributed by atoms with Gasteiger partial charge in [0.1, 0.15) is 5.15 Å². The number of rotatable bonds is 4. The number of carbonyl (C=O) groups is 1. The highest BCUT2D eigenvalue weighted by molar-refractivity contribution is 6.30. The molecule has 0 saturated carbocycles. The van der Waals surface area contributed by atoms with Gasteiger partial charge in [-0.05, 0) is 19.1 Å². The SMILES string of the molecule is COC(C)c1c(NC(=O)Nc2ccnc(Cl)c2)cnc2cc(Cl)nn12. The Morgan fingerprint density at radius 1 is 1.24 bits per heavy atom. The van der Waals surface area contributed by atoms with E-state index >= 15 is 0 Å². The molecule has 8 nitrogen and oxygen atoms in total. The van der Waals surface area contributed by atoms with Crippen molar-refractivity contribution in [2.75, 3.05) is 17.7 Å². The van der Waals surface area contributed by atoms with Crippen LogP contribution in [0.3, 0.4) is 0 Å². The van der Waals surface area contributed by atoms with Crippen LogP contribution in [-0.4, -0.2) is 32.7 Å². The van der Waals surface area contributed by atoms with Gasteiger partial charge in [-0.3, -0.25) is 0 Å². The van der Waals surface area contributed by atoms with Gasteiger partial charge in [-0.2, -0.15) is 5.10 Å². The third-order valence-corrected chi connectivity index (χ3v) is 3.85.